The number of nitrogens with zero attached hydrogens (tertiary/aromatic N) is 1. The normalized spacial score (nSPS) is 19.1. The molecule has 25 heavy (non-hydrogen) atoms. The number of ether oxygens (including phenoxy) is 1. The van der Waals surface area contributed by atoms with Gasteiger partial charge in [-0.1, -0.05) is 6.92 Å². The van der Waals surface area contributed by atoms with E-state index in [0.29, 0.717) is 12.1 Å². The van der Waals surface area contributed by atoms with Crippen LogP contribution in [0.25, 0.3) is 0 Å². The first kappa shape index (κ1) is 22.3. The Balaban J connectivity index is 0.00000312. The summed E-state index contributed by atoms with van der Waals surface area (Å²) in [6.07, 6.45) is 10.0. The Labute approximate surface area is 169 Å². The van der Waals surface area contributed by atoms with Crippen molar-refractivity contribution in [1.29, 1.82) is 0 Å². The van der Waals surface area contributed by atoms with E-state index in [1.165, 1.54) is 19.3 Å². The van der Waals surface area contributed by atoms with Crippen molar-refractivity contribution < 1.29 is 9.15 Å². The minimum atomic E-state index is 0. The highest BCUT2D eigenvalue weighted by Crippen LogP contribution is 2.16. The molecule has 0 bridgehead atoms. The highest BCUT2D eigenvalue weighted by molar-refractivity contribution is 14.0. The summed E-state index contributed by atoms with van der Waals surface area (Å²) in [5.74, 6) is 1.90. The van der Waals surface area contributed by atoms with Gasteiger partial charge < -0.3 is 19.8 Å². The molecule has 2 atom stereocenters. The van der Waals surface area contributed by atoms with E-state index in [1.54, 1.807) is 6.26 Å². The van der Waals surface area contributed by atoms with Gasteiger partial charge >= 0.3 is 0 Å². The molecule has 0 saturated carbocycles. The molecule has 1 fully saturated rings. The Kier molecular flexibility index (Phi) is 12.0. The fourth-order valence-corrected chi connectivity index (χ4v) is 2.79. The van der Waals surface area contributed by atoms with Crippen LogP contribution in [-0.2, 0) is 11.2 Å². The molecule has 0 radical (unpaired) electrons. The molecule has 144 valence electrons. The van der Waals surface area contributed by atoms with E-state index >= 15 is 0 Å². The van der Waals surface area contributed by atoms with Crippen LogP contribution in [0.15, 0.2) is 27.8 Å². The molecule has 6 heteroatoms. The van der Waals surface area contributed by atoms with Crippen molar-refractivity contribution in [1.82, 2.24) is 10.6 Å². The molecule has 0 aliphatic carbocycles. The first-order valence-corrected chi connectivity index (χ1v) is 9.46. The second-order valence-electron chi connectivity index (χ2n) is 6.57. The molecule has 1 saturated heterocycles. The second-order valence-corrected chi connectivity index (χ2v) is 6.57. The molecule has 0 spiro atoms. The maximum atomic E-state index is 5.78. The van der Waals surface area contributed by atoms with Crippen LogP contribution in [0.5, 0.6) is 0 Å². The van der Waals surface area contributed by atoms with E-state index in [1.807, 2.05) is 12.1 Å². The lowest BCUT2D eigenvalue weighted by atomic mass is 10.1. The van der Waals surface area contributed by atoms with Crippen LogP contribution >= 0.6 is 24.0 Å². The molecule has 5 nitrogen and oxygen atoms in total. The highest BCUT2D eigenvalue weighted by atomic mass is 127. The predicted molar refractivity (Wildman–Crippen MR) is 114 cm³/mol. The minimum absolute atomic E-state index is 0. The summed E-state index contributed by atoms with van der Waals surface area (Å²) in [6.45, 7) is 6.95. The van der Waals surface area contributed by atoms with E-state index in [4.69, 9.17) is 14.1 Å². The molecule has 1 aliphatic heterocycles. The molecule has 2 N–H and O–H groups in total. The Morgan fingerprint density at radius 1 is 1.40 bits per heavy atom. The predicted octanol–water partition coefficient (Wildman–Crippen LogP) is 4.12. The molecule has 1 aromatic heterocycles. The number of guanidine groups is 1. The van der Waals surface area contributed by atoms with Crippen molar-refractivity contribution in [3.05, 3.63) is 24.2 Å². The van der Waals surface area contributed by atoms with Crippen molar-refractivity contribution in [2.45, 2.75) is 70.9 Å². The van der Waals surface area contributed by atoms with Crippen molar-refractivity contribution >= 4 is 29.9 Å². The molecule has 0 amide bonds. The standard InChI is InChI=1S/C19H33N3O2.HI/c1-3-16(2)22-19(21-13-11-18-10-7-15-24-18)20-12-6-9-17-8-4-5-14-23-17;/h7,10,15-17H,3-6,8-9,11-14H2,1-2H3,(H2,20,21,22);1H. The summed E-state index contributed by atoms with van der Waals surface area (Å²) < 4.78 is 11.2. The molecule has 2 rings (SSSR count). The fourth-order valence-electron chi connectivity index (χ4n) is 2.79. The SMILES string of the molecule is CCC(C)NC(=NCCCC1CCCCO1)NCCc1ccco1.I. The van der Waals surface area contributed by atoms with E-state index in [2.05, 4.69) is 24.5 Å². The smallest absolute Gasteiger partial charge is 0.191 e. The monoisotopic (exact) mass is 463 g/mol. The quantitative estimate of drug-likeness (QED) is 0.250. The Morgan fingerprint density at radius 3 is 2.96 bits per heavy atom. The van der Waals surface area contributed by atoms with Crippen molar-refractivity contribution in [2.24, 2.45) is 4.99 Å². The van der Waals surface area contributed by atoms with E-state index < -0.39 is 0 Å². The van der Waals surface area contributed by atoms with Gasteiger partial charge in [-0.05, 0) is 57.6 Å². The first-order valence-electron chi connectivity index (χ1n) is 9.46. The zero-order valence-corrected chi connectivity index (χ0v) is 18.0. The van der Waals surface area contributed by atoms with Gasteiger partial charge in [0.05, 0.1) is 12.4 Å². The van der Waals surface area contributed by atoms with Crippen LogP contribution in [-0.4, -0.2) is 37.8 Å². The summed E-state index contributed by atoms with van der Waals surface area (Å²) in [7, 11) is 0. The summed E-state index contributed by atoms with van der Waals surface area (Å²) in [5, 5.41) is 6.87. The summed E-state index contributed by atoms with van der Waals surface area (Å²) in [4.78, 5) is 4.72. The highest BCUT2D eigenvalue weighted by Gasteiger charge is 2.13. The Bertz CT molecular complexity index is 459. The third kappa shape index (κ3) is 9.49. The van der Waals surface area contributed by atoms with Gasteiger partial charge in [0.2, 0.25) is 0 Å². The van der Waals surface area contributed by atoms with Gasteiger partial charge in [0, 0.05) is 32.2 Å². The third-order valence-corrected chi connectivity index (χ3v) is 4.47. The molecule has 2 unspecified atom stereocenters. The van der Waals surface area contributed by atoms with E-state index in [9.17, 15) is 0 Å². The van der Waals surface area contributed by atoms with Crippen LogP contribution in [0.1, 0.15) is 58.1 Å². The van der Waals surface area contributed by atoms with E-state index in [-0.39, 0.29) is 24.0 Å². The first-order chi connectivity index (χ1) is 11.8. The average Bonchev–Trinajstić information content (AvgIpc) is 3.12. The van der Waals surface area contributed by atoms with Gasteiger partial charge in [-0.15, -0.1) is 24.0 Å². The minimum Gasteiger partial charge on any atom is -0.469 e. The maximum absolute atomic E-state index is 5.78. The number of halogens is 1. The van der Waals surface area contributed by atoms with Crippen molar-refractivity contribution in [3.8, 4) is 0 Å². The maximum Gasteiger partial charge on any atom is 0.191 e. The lowest BCUT2D eigenvalue weighted by molar-refractivity contribution is 0.0105. The van der Waals surface area contributed by atoms with Gasteiger partial charge in [0.15, 0.2) is 5.96 Å². The second kappa shape index (κ2) is 13.4. The lowest BCUT2D eigenvalue weighted by Gasteiger charge is -2.22. The molecule has 2 heterocycles. The van der Waals surface area contributed by atoms with Crippen LogP contribution in [0.2, 0.25) is 0 Å². The largest absolute Gasteiger partial charge is 0.469 e. The van der Waals surface area contributed by atoms with E-state index in [0.717, 1.165) is 57.1 Å². The van der Waals surface area contributed by atoms with Crippen LogP contribution in [0.4, 0.5) is 0 Å². The number of furan rings is 1. The summed E-state index contributed by atoms with van der Waals surface area (Å²) in [6, 6.07) is 4.35. The third-order valence-electron chi connectivity index (χ3n) is 4.47. The van der Waals surface area contributed by atoms with Gasteiger partial charge in [0.1, 0.15) is 5.76 Å². The van der Waals surface area contributed by atoms with Crippen molar-refractivity contribution in [2.75, 3.05) is 19.7 Å². The van der Waals surface area contributed by atoms with Gasteiger partial charge in [-0.2, -0.15) is 0 Å². The summed E-state index contributed by atoms with van der Waals surface area (Å²) >= 11 is 0. The molecule has 1 aromatic rings. The molecule has 0 aromatic carbocycles. The number of nitrogens with one attached hydrogen (secondary N) is 2. The number of aliphatic imine (C=N–C) groups is 1. The fraction of sp³-hybridized carbons (Fsp3) is 0.737. The molecular formula is C19H34IN3O2. The Hall–Kier alpha value is -0.760. The van der Waals surface area contributed by atoms with Gasteiger partial charge in [-0.3, -0.25) is 4.99 Å². The molecule has 1 aliphatic rings. The number of rotatable bonds is 9. The summed E-state index contributed by atoms with van der Waals surface area (Å²) in [5.41, 5.74) is 0. The van der Waals surface area contributed by atoms with Crippen LogP contribution in [0.3, 0.4) is 0 Å². The zero-order valence-electron chi connectivity index (χ0n) is 15.6. The van der Waals surface area contributed by atoms with Crippen molar-refractivity contribution in [3.63, 3.8) is 0 Å². The number of hydrogen-bond acceptors (Lipinski definition) is 3. The average molecular weight is 463 g/mol. The van der Waals surface area contributed by atoms with Crippen LogP contribution in [0, 0.1) is 0 Å². The Morgan fingerprint density at radius 2 is 2.28 bits per heavy atom. The lowest BCUT2D eigenvalue weighted by Crippen LogP contribution is -2.42. The number of hydrogen-bond donors (Lipinski definition) is 2. The zero-order chi connectivity index (χ0) is 17.0. The molecular weight excluding hydrogens is 429 g/mol. The van der Waals surface area contributed by atoms with Gasteiger partial charge in [-0.25, -0.2) is 0 Å². The van der Waals surface area contributed by atoms with Gasteiger partial charge in [0.25, 0.3) is 0 Å². The topological polar surface area (TPSA) is 58.8 Å². The van der Waals surface area contributed by atoms with Crippen LogP contribution < -0.4 is 10.6 Å².